The highest BCUT2D eigenvalue weighted by Crippen LogP contribution is 2.38. The summed E-state index contributed by atoms with van der Waals surface area (Å²) in [6.45, 7) is 8.71. The number of hydrogen-bond acceptors (Lipinski definition) is 5. The van der Waals surface area contributed by atoms with Gasteiger partial charge in [-0.3, -0.25) is 9.89 Å². The van der Waals surface area contributed by atoms with Gasteiger partial charge in [0.25, 0.3) is 0 Å². The van der Waals surface area contributed by atoms with Gasteiger partial charge in [0.15, 0.2) is 5.96 Å². The lowest BCUT2D eigenvalue weighted by molar-refractivity contribution is 0.0376. The minimum Gasteiger partial charge on any atom is -0.469 e. The average Bonchev–Trinajstić information content (AvgIpc) is 3.42. The molecule has 0 bridgehead atoms. The zero-order valence-corrected chi connectivity index (χ0v) is 21.7. The van der Waals surface area contributed by atoms with Crippen molar-refractivity contribution in [3.05, 3.63) is 24.2 Å². The number of furan rings is 1. The molecule has 1 aliphatic heterocycles. The number of hydrogen-bond donors (Lipinski definition) is 2. The van der Waals surface area contributed by atoms with E-state index < -0.39 is 0 Å². The van der Waals surface area contributed by atoms with Crippen molar-refractivity contribution >= 4 is 29.9 Å². The molecule has 0 aromatic carbocycles. The Kier molecular flexibility index (Phi) is 12.2. The van der Waals surface area contributed by atoms with Crippen LogP contribution in [0.2, 0.25) is 0 Å². The summed E-state index contributed by atoms with van der Waals surface area (Å²) in [5.41, 5.74) is 0.326. The van der Waals surface area contributed by atoms with Gasteiger partial charge in [0.1, 0.15) is 5.76 Å². The molecule has 0 unspecified atom stereocenters. The fourth-order valence-corrected chi connectivity index (χ4v) is 4.68. The van der Waals surface area contributed by atoms with Gasteiger partial charge in [-0.1, -0.05) is 12.8 Å². The number of nitrogens with one attached hydrogen (secondary N) is 2. The first-order valence-electron chi connectivity index (χ1n) is 11.6. The molecule has 1 saturated heterocycles. The Morgan fingerprint density at radius 1 is 1.16 bits per heavy atom. The van der Waals surface area contributed by atoms with Gasteiger partial charge in [0.05, 0.1) is 19.5 Å². The summed E-state index contributed by atoms with van der Waals surface area (Å²) in [5, 5.41) is 7.09. The summed E-state index contributed by atoms with van der Waals surface area (Å²) in [7, 11) is 4.35. The number of halogens is 1. The van der Waals surface area contributed by atoms with Gasteiger partial charge >= 0.3 is 0 Å². The second kappa shape index (κ2) is 14.3. The maximum absolute atomic E-state index is 5.46. The average molecular weight is 548 g/mol. The van der Waals surface area contributed by atoms with Gasteiger partial charge in [-0.25, -0.2) is 0 Å². The number of rotatable bonds is 11. The zero-order valence-electron chi connectivity index (χ0n) is 19.4. The van der Waals surface area contributed by atoms with Crippen LogP contribution in [0.1, 0.15) is 37.9 Å². The van der Waals surface area contributed by atoms with E-state index in [0.29, 0.717) is 5.41 Å². The summed E-state index contributed by atoms with van der Waals surface area (Å²) < 4.78 is 10.9. The Bertz CT molecular complexity index is 611. The quantitative estimate of drug-likeness (QED) is 0.192. The molecule has 3 rings (SSSR count). The molecule has 178 valence electrons. The maximum Gasteiger partial charge on any atom is 0.191 e. The monoisotopic (exact) mass is 547 g/mol. The number of ether oxygens (including phenoxy) is 1. The van der Waals surface area contributed by atoms with E-state index >= 15 is 0 Å². The van der Waals surface area contributed by atoms with Crippen molar-refractivity contribution in [1.29, 1.82) is 0 Å². The highest BCUT2D eigenvalue weighted by molar-refractivity contribution is 14.0. The van der Waals surface area contributed by atoms with Gasteiger partial charge in [0.2, 0.25) is 0 Å². The maximum atomic E-state index is 5.46. The van der Waals surface area contributed by atoms with E-state index in [1.54, 1.807) is 6.26 Å². The second-order valence-corrected chi connectivity index (χ2v) is 9.10. The van der Waals surface area contributed by atoms with Gasteiger partial charge in [0, 0.05) is 51.1 Å². The SMILES string of the molecule is CN(C)CC1(CN=C(NCCCN2CCOCC2)NCCc2ccco2)CCCC1.I. The van der Waals surface area contributed by atoms with Crippen molar-refractivity contribution in [2.24, 2.45) is 10.4 Å². The molecule has 1 aromatic heterocycles. The van der Waals surface area contributed by atoms with Crippen LogP contribution in [0.25, 0.3) is 0 Å². The minimum absolute atomic E-state index is 0. The van der Waals surface area contributed by atoms with Gasteiger partial charge in [-0.2, -0.15) is 0 Å². The van der Waals surface area contributed by atoms with E-state index in [9.17, 15) is 0 Å². The van der Waals surface area contributed by atoms with E-state index in [4.69, 9.17) is 14.1 Å². The van der Waals surface area contributed by atoms with Crippen LogP contribution in [0.4, 0.5) is 0 Å². The van der Waals surface area contributed by atoms with Crippen LogP contribution >= 0.6 is 24.0 Å². The molecule has 0 radical (unpaired) electrons. The fourth-order valence-electron chi connectivity index (χ4n) is 4.68. The van der Waals surface area contributed by atoms with Crippen molar-refractivity contribution < 1.29 is 9.15 Å². The highest BCUT2D eigenvalue weighted by Gasteiger charge is 2.34. The highest BCUT2D eigenvalue weighted by atomic mass is 127. The standard InChI is InChI=1S/C23H41N5O2.HI/c1-27(2)20-23(9-3-4-10-23)19-26-22(25-12-8-21-7-5-16-30-21)24-11-6-13-28-14-17-29-18-15-28;/h5,7,16H,3-4,6,8-15,17-20H2,1-2H3,(H2,24,25,26);1H. The Labute approximate surface area is 205 Å². The minimum atomic E-state index is 0. The third-order valence-corrected chi connectivity index (χ3v) is 6.18. The second-order valence-electron chi connectivity index (χ2n) is 9.10. The van der Waals surface area contributed by atoms with Crippen LogP contribution in [0, 0.1) is 5.41 Å². The first kappa shape index (κ1) is 26.4. The lowest BCUT2D eigenvalue weighted by atomic mass is 9.86. The zero-order chi connectivity index (χ0) is 21.1. The first-order valence-corrected chi connectivity index (χ1v) is 11.6. The van der Waals surface area contributed by atoms with E-state index in [0.717, 1.165) is 83.6 Å². The molecule has 2 N–H and O–H groups in total. The lowest BCUT2D eigenvalue weighted by Gasteiger charge is -2.31. The molecule has 0 spiro atoms. The third kappa shape index (κ3) is 9.67. The predicted molar refractivity (Wildman–Crippen MR) is 137 cm³/mol. The molecule has 31 heavy (non-hydrogen) atoms. The molecule has 8 heteroatoms. The summed E-state index contributed by atoms with van der Waals surface area (Å²) in [6, 6.07) is 3.97. The lowest BCUT2D eigenvalue weighted by Crippen LogP contribution is -2.42. The van der Waals surface area contributed by atoms with Crippen LogP contribution in [0.5, 0.6) is 0 Å². The van der Waals surface area contributed by atoms with Crippen LogP contribution in [-0.2, 0) is 11.2 Å². The largest absolute Gasteiger partial charge is 0.469 e. The summed E-state index contributed by atoms with van der Waals surface area (Å²) in [5.74, 6) is 1.95. The molecule has 1 saturated carbocycles. The van der Waals surface area contributed by atoms with Crippen LogP contribution in [0.15, 0.2) is 27.8 Å². The number of nitrogens with zero attached hydrogens (tertiary/aromatic N) is 3. The molecule has 0 amide bonds. The molecule has 0 atom stereocenters. The Morgan fingerprint density at radius 3 is 2.58 bits per heavy atom. The van der Waals surface area contributed by atoms with Gasteiger partial charge in [-0.15, -0.1) is 24.0 Å². The fraction of sp³-hybridized carbons (Fsp3) is 0.783. The Hall–Kier alpha value is -0.840. The van der Waals surface area contributed by atoms with E-state index in [1.165, 1.54) is 25.7 Å². The molecule has 1 aromatic rings. The first-order chi connectivity index (χ1) is 14.7. The van der Waals surface area contributed by atoms with Crippen LogP contribution in [0.3, 0.4) is 0 Å². The van der Waals surface area contributed by atoms with Crippen molar-refractivity contribution in [2.75, 3.05) is 73.1 Å². The molecule has 2 fully saturated rings. The molecule has 2 heterocycles. The smallest absolute Gasteiger partial charge is 0.191 e. The molecular formula is C23H42IN5O2. The topological polar surface area (TPSA) is 65.3 Å². The van der Waals surface area contributed by atoms with Gasteiger partial charge < -0.3 is 24.7 Å². The third-order valence-electron chi connectivity index (χ3n) is 6.18. The van der Waals surface area contributed by atoms with Crippen molar-refractivity contribution in [3.63, 3.8) is 0 Å². The van der Waals surface area contributed by atoms with Gasteiger partial charge in [-0.05, 0) is 52.0 Å². The van der Waals surface area contributed by atoms with E-state index in [1.807, 2.05) is 12.1 Å². The number of guanidine groups is 1. The van der Waals surface area contributed by atoms with Crippen LogP contribution < -0.4 is 10.6 Å². The van der Waals surface area contributed by atoms with Crippen molar-refractivity contribution in [2.45, 2.75) is 38.5 Å². The summed E-state index contributed by atoms with van der Waals surface area (Å²) >= 11 is 0. The van der Waals surface area contributed by atoms with Crippen molar-refractivity contribution in [3.8, 4) is 0 Å². The predicted octanol–water partition coefficient (Wildman–Crippen LogP) is 2.82. The van der Waals surface area contributed by atoms with E-state index in [-0.39, 0.29) is 24.0 Å². The van der Waals surface area contributed by atoms with Crippen LogP contribution in [-0.4, -0.2) is 88.9 Å². The van der Waals surface area contributed by atoms with Crippen molar-refractivity contribution in [1.82, 2.24) is 20.4 Å². The Balaban J connectivity index is 0.00000341. The number of morpholine rings is 1. The summed E-state index contributed by atoms with van der Waals surface area (Å²) in [4.78, 5) is 9.84. The molecule has 2 aliphatic rings. The number of aliphatic imine (C=N–C) groups is 1. The van der Waals surface area contributed by atoms with E-state index in [2.05, 4.69) is 34.5 Å². The molecule has 7 nitrogen and oxygen atoms in total. The summed E-state index contributed by atoms with van der Waals surface area (Å²) in [6.07, 6.45) is 8.94. The Morgan fingerprint density at radius 2 is 1.90 bits per heavy atom. The molecule has 1 aliphatic carbocycles. The normalized spacial score (nSPS) is 19.4. The molecular weight excluding hydrogens is 505 g/mol.